The summed E-state index contributed by atoms with van der Waals surface area (Å²) in [6.07, 6.45) is 2.58. The first-order chi connectivity index (χ1) is 12.4. The zero-order valence-electron chi connectivity index (χ0n) is 14.6. The number of carboxylic acid groups (broad SMARTS) is 1. The molecule has 1 fully saturated rings. The van der Waals surface area contributed by atoms with Crippen molar-refractivity contribution in [1.82, 2.24) is 19.5 Å². The molecular formula is C17H20FN5O3. The fraction of sp³-hybridized carbons (Fsp3) is 0.412. The van der Waals surface area contributed by atoms with Crippen molar-refractivity contribution < 1.29 is 14.3 Å². The SMILES string of the molecule is CCn1cc(C(=O)O)c(=O)c2cc(F)c(/C=N/N3CCN(C)CC3)nc21. The third kappa shape index (κ3) is 3.43. The summed E-state index contributed by atoms with van der Waals surface area (Å²) in [4.78, 5) is 29.9. The van der Waals surface area contributed by atoms with Gasteiger partial charge in [-0.3, -0.25) is 9.80 Å². The number of hydrazone groups is 1. The van der Waals surface area contributed by atoms with Crippen LogP contribution in [0.1, 0.15) is 23.0 Å². The molecule has 3 rings (SSSR count). The van der Waals surface area contributed by atoms with Crippen LogP contribution in [0.5, 0.6) is 0 Å². The summed E-state index contributed by atoms with van der Waals surface area (Å²) >= 11 is 0. The second-order valence-electron chi connectivity index (χ2n) is 6.19. The molecule has 1 aliphatic rings. The maximum absolute atomic E-state index is 14.4. The van der Waals surface area contributed by atoms with E-state index >= 15 is 0 Å². The Kier molecular flexibility index (Phi) is 4.99. The van der Waals surface area contributed by atoms with Crippen molar-refractivity contribution in [3.63, 3.8) is 0 Å². The molecule has 138 valence electrons. The van der Waals surface area contributed by atoms with E-state index in [1.165, 1.54) is 17.0 Å². The predicted octanol–water partition coefficient (Wildman–Crippen LogP) is 0.835. The molecule has 1 aliphatic heterocycles. The average molecular weight is 361 g/mol. The van der Waals surface area contributed by atoms with Crippen molar-refractivity contribution in [2.75, 3.05) is 33.2 Å². The van der Waals surface area contributed by atoms with E-state index in [4.69, 9.17) is 5.11 Å². The second kappa shape index (κ2) is 7.20. The molecule has 0 aliphatic carbocycles. The first-order valence-electron chi connectivity index (χ1n) is 8.35. The summed E-state index contributed by atoms with van der Waals surface area (Å²) < 4.78 is 15.9. The fourth-order valence-corrected chi connectivity index (χ4v) is 2.83. The number of nitrogens with zero attached hydrogens (tertiary/aromatic N) is 5. The maximum Gasteiger partial charge on any atom is 0.341 e. The number of pyridine rings is 2. The van der Waals surface area contributed by atoms with Crippen LogP contribution in [-0.4, -0.2) is 70.0 Å². The number of carboxylic acids is 1. The molecule has 2 aromatic rings. The van der Waals surface area contributed by atoms with E-state index < -0.39 is 22.8 Å². The molecule has 2 aromatic heterocycles. The third-order valence-electron chi connectivity index (χ3n) is 4.42. The van der Waals surface area contributed by atoms with Crippen LogP contribution in [0, 0.1) is 5.82 Å². The highest BCUT2D eigenvalue weighted by Crippen LogP contribution is 2.14. The Balaban J connectivity index is 2.03. The van der Waals surface area contributed by atoms with Gasteiger partial charge < -0.3 is 14.6 Å². The Morgan fingerprint density at radius 1 is 1.38 bits per heavy atom. The van der Waals surface area contributed by atoms with Gasteiger partial charge >= 0.3 is 5.97 Å². The fourth-order valence-electron chi connectivity index (χ4n) is 2.83. The lowest BCUT2D eigenvalue weighted by Crippen LogP contribution is -2.41. The molecule has 1 N–H and O–H groups in total. The lowest BCUT2D eigenvalue weighted by atomic mass is 10.1. The number of piperazine rings is 1. The number of halogens is 1. The van der Waals surface area contributed by atoms with Gasteiger partial charge in [-0.1, -0.05) is 0 Å². The Morgan fingerprint density at radius 3 is 2.69 bits per heavy atom. The van der Waals surface area contributed by atoms with Crippen LogP contribution in [0.2, 0.25) is 0 Å². The van der Waals surface area contributed by atoms with Gasteiger partial charge in [0.1, 0.15) is 16.9 Å². The topological polar surface area (TPSA) is 91.0 Å². The molecule has 3 heterocycles. The normalized spacial score (nSPS) is 15.9. The van der Waals surface area contributed by atoms with Crippen LogP contribution in [0.3, 0.4) is 0 Å². The number of carbonyl (C=O) groups is 1. The summed E-state index contributed by atoms with van der Waals surface area (Å²) in [5.41, 5.74) is -0.893. The highest BCUT2D eigenvalue weighted by Gasteiger charge is 2.17. The lowest BCUT2D eigenvalue weighted by molar-refractivity contribution is 0.0695. The molecule has 0 aromatic carbocycles. The number of hydrogen-bond acceptors (Lipinski definition) is 6. The van der Waals surface area contributed by atoms with Crippen molar-refractivity contribution in [3.8, 4) is 0 Å². The molecular weight excluding hydrogens is 341 g/mol. The van der Waals surface area contributed by atoms with Crippen LogP contribution >= 0.6 is 0 Å². The van der Waals surface area contributed by atoms with Gasteiger partial charge in [0.15, 0.2) is 5.82 Å². The van der Waals surface area contributed by atoms with E-state index in [-0.39, 0.29) is 16.7 Å². The number of aryl methyl sites for hydroxylation is 1. The largest absolute Gasteiger partial charge is 0.477 e. The van der Waals surface area contributed by atoms with E-state index in [1.807, 2.05) is 12.1 Å². The molecule has 8 nitrogen and oxygen atoms in total. The van der Waals surface area contributed by atoms with E-state index in [0.717, 1.165) is 32.2 Å². The highest BCUT2D eigenvalue weighted by molar-refractivity contribution is 5.92. The minimum absolute atomic E-state index is 0.0149. The Hall–Kier alpha value is -2.81. The molecule has 0 saturated carbocycles. The number of likely N-dealkylation sites (N-methyl/N-ethyl adjacent to an activating group) is 1. The Bertz CT molecular complexity index is 932. The van der Waals surface area contributed by atoms with E-state index in [1.54, 1.807) is 6.92 Å². The van der Waals surface area contributed by atoms with Crippen molar-refractivity contribution >= 4 is 23.2 Å². The minimum atomic E-state index is -1.35. The summed E-state index contributed by atoms with van der Waals surface area (Å²) in [7, 11) is 2.03. The summed E-state index contributed by atoms with van der Waals surface area (Å²) in [5, 5.41) is 15.2. The first-order valence-corrected chi connectivity index (χ1v) is 8.35. The van der Waals surface area contributed by atoms with Crippen LogP contribution in [0.25, 0.3) is 11.0 Å². The smallest absolute Gasteiger partial charge is 0.341 e. The summed E-state index contributed by atoms with van der Waals surface area (Å²) in [5.74, 6) is -2.06. The maximum atomic E-state index is 14.4. The Labute approximate surface area is 149 Å². The predicted molar refractivity (Wildman–Crippen MR) is 95.3 cm³/mol. The van der Waals surface area contributed by atoms with Crippen LogP contribution < -0.4 is 5.43 Å². The molecule has 26 heavy (non-hydrogen) atoms. The average Bonchev–Trinajstić information content (AvgIpc) is 2.62. The van der Waals surface area contributed by atoms with Crippen molar-refractivity contribution in [2.24, 2.45) is 5.10 Å². The van der Waals surface area contributed by atoms with Crippen LogP contribution in [-0.2, 0) is 6.54 Å². The first kappa shape index (κ1) is 18.0. The van der Waals surface area contributed by atoms with E-state index in [2.05, 4.69) is 15.0 Å². The van der Waals surface area contributed by atoms with Gasteiger partial charge in [0, 0.05) is 38.9 Å². The zero-order valence-corrected chi connectivity index (χ0v) is 14.6. The van der Waals surface area contributed by atoms with Gasteiger partial charge in [0.2, 0.25) is 5.43 Å². The molecule has 9 heteroatoms. The van der Waals surface area contributed by atoms with E-state index in [0.29, 0.717) is 6.54 Å². The van der Waals surface area contributed by atoms with Gasteiger partial charge in [-0.05, 0) is 20.0 Å². The third-order valence-corrected chi connectivity index (χ3v) is 4.42. The minimum Gasteiger partial charge on any atom is -0.477 e. The number of fused-ring (bicyclic) bond motifs is 1. The highest BCUT2D eigenvalue weighted by atomic mass is 19.1. The number of rotatable bonds is 4. The monoisotopic (exact) mass is 361 g/mol. The number of aromatic carboxylic acids is 1. The summed E-state index contributed by atoms with van der Waals surface area (Å²) in [6, 6.07) is 1.04. The molecule has 0 atom stereocenters. The molecule has 0 radical (unpaired) electrons. The lowest BCUT2D eigenvalue weighted by Gasteiger charge is -2.30. The van der Waals surface area contributed by atoms with Gasteiger partial charge in [0.05, 0.1) is 11.6 Å². The van der Waals surface area contributed by atoms with Gasteiger partial charge in [0.25, 0.3) is 0 Å². The van der Waals surface area contributed by atoms with Crippen LogP contribution in [0.15, 0.2) is 22.2 Å². The standard InChI is InChI=1S/C17H20FN5O3/c1-3-22-10-12(17(25)26)15(24)11-8-13(18)14(20-16(11)22)9-19-23-6-4-21(2)5-7-23/h8-10H,3-7H2,1-2H3,(H,25,26)/b19-9+. The quantitative estimate of drug-likeness (QED) is 0.812. The van der Waals surface area contributed by atoms with Crippen molar-refractivity contribution in [2.45, 2.75) is 13.5 Å². The van der Waals surface area contributed by atoms with Gasteiger partial charge in [-0.25, -0.2) is 14.2 Å². The van der Waals surface area contributed by atoms with Crippen molar-refractivity contribution in [1.29, 1.82) is 0 Å². The van der Waals surface area contributed by atoms with E-state index in [9.17, 15) is 14.0 Å². The molecule has 0 unspecified atom stereocenters. The number of aromatic nitrogens is 2. The molecule has 1 saturated heterocycles. The molecule has 0 bridgehead atoms. The van der Waals surface area contributed by atoms with Gasteiger partial charge in [-0.15, -0.1) is 0 Å². The molecule has 0 spiro atoms. The molecule has 0 amide bonds. The van der Waals surface area contributed by atoms with Crippen molar-refractivity contribution in [3.05, 3.63) is 39.6 Å². The zero-order chi connectivity index (χ0) is 18.8. The summed E-state index contributed by atoms with van der Waals surface area (Å²) in [6.45, 7) is 5.41. The number of hydrogen-bond donors (Lipinski definition) is 1. The van der Waals surface area contributed by atoms with Gasteiger partial charge in [-0.2, -0.15) is 5.10 Å². The van der Waals surface area contributed by atoms with Crippen LogP contribution in [0.4, 0.5) is 4.39 Å². The second-order valence-corrected chi connectivity index (χ2v) is 6.19. The Morgan fingerprint density at radius 2 is 2.08 bits per heavy atom.